The van der Waals surface area contributed by atoms with Gasteiger partial charge in [-0.25, -0.2) is 0 Å². The van der Waals surface area contributed by atoms with E-state index in [1.54, 1.807) is 0 Å². The van der Waals surface area contributed by atoms with Crippen molar-refractivity contribution in [2.75, 3.05) is 0 Å². The fourth-order valence-corrected chi connectivity index (χ4v) is 1.29. The van der Waals surface area contributed by atoms with Crippen LogP contribution in [0.25, 0.3) is 0 Å². The third-order valence-electron chi connectivity index (χ3n) is 1.41. The summed E-state index contributed by atoms with van der Waals surface area (Å²) in [6.45, 7) is 0. The number of rotatable bonds is 2. The van der Waals surface area contributed by atoms with Gasteiger partial charge in [0.1, 0.15) is 0 Å². The minimum absolute atomic E-state index is 0.0214. The molecule has 0 fully saturated rings. The van der Waals surface area contributed by atoms with Crippen molar-refractivity contribution in [1.82, 2.24) is 4.98 Å². The van der Waals surface area contributed by atoms with Crippen LogP contribution in [0.1, 0.15) is 11.1 Å². The van der Waals surface area contributed by atoms with Gasteiger partial charge in [-0.15, -0.1) is 0 Å². The zero-order valence-corrected chi connectivity index (χ0v) is 7.56. The van der Waals surface area contributed by atoms with E-state index in [0.29, 0.717) is 6.20 Å². The zero-order valence-electron chi connectivity index (χ0n) is 6.75. The molecule has 1 aromatic rings. The van der Waals surface area contributed by atoms with Gasteiger partial charge in [-0.05, 0) is 11.6 Å². The Balaban J connectivity index is 2.95. The van der Waals surface area contributed by atoms with Crippen molar-refractivity contribution in [3.05, 3.63) is 29.6 Å². The molecule has 7 heteroatoms. The number of hydrogen-bond acceptors (Lipinski definition) is 3. The van der Waals surface area contributed by atoms with Crippen molar-refractivity contribution in [3.8, 4) is 0 Å². The van der Waals surface area contributed by atoms with Crippen LogP contribution in [0.5, 0.6) is 0 Å². The molecule has 1 aromatic heterocycles. The minimum Gasteiger partial charge on any atom is -0.772 e. The van der Waals surface area contributed by atoms with Crippen molar-refractivity contribution < 1.29 is 21.9 Å². The molecule has 0 N–H and O–H groups in total. The van der Waals surface area contributed by atoms with E-state index in [1.165, 1.54) is 0 Å². The lowest BCUT2D eigenvalue weighted by Gasteiger charge is -2.08. The van der Waals surface area contributed by atoms with Gasteiger partial charge < -0.3 is 4.55 Å². The quantitative estimate of drug-likeness (QED) is 0.715. The van der Waals surface area contributed by atoms with E-state index in [1.807, 2.05) is 0 Å². The normalized spacial score (nSPS) is 14.0. The summed E-state index contributed by atoms with van der Waals surface area (Å²) in [4.78, 5) is 3.31. The van der Waals surface area contributed by atoms with E-state index in [0.717, 1.165) is 12.3 Å². The maximum atomic E-state index is 12.1. The van der Waals surface area contributed by atoms with Crippen LogP contribution in [0, 0.1) is 0 Å². The van der Waals surface area contributed by atoms with Gasteiger partial charge in [0.05, 0.1) is 5.56 Å². The van der Waals surface area contributed by atoms with Gasteiger partial charge in [0.25, 0.3) is 0 Å². The minimum atomic E-state index is -4.49. The highest BCUT2D eigenvalue weighted by molar-refractivity contribution is 7.78. The summed E-state index contributed by atoms with van der Waals surface area (Å²) < 4.78 is 56.8. The molecule has 0 aliphatic heterocycles. The first-order valence-electron chi connectivity index (χ1n) is 3.46. The standard InChI is InChI=1S/C7H6F3NO2S/c8-7(9,10)6-1-5(2-11-3-6)4-14(12)13/h1-3H,4H2,(H,12,13)/p-1. The van der Waals surface area contributed by atoms with Crippen molar-refractivity contribution in [3.63, 3.8) is 0 Å². The van der Waals surface area contributed by atoms with Gasteiger partial charge in [-0.3, -0.25) is 9.19 Å². The average Bonchev–Trinajstić information content (AvgIpc) is 2.01. The summed E-state index contributed by atoms with van der Waals surface area (Å²) >= 11 is -2.41. The topological polar surface area (TPSA) is 53.0 Å². The fourth-order valence-electron chi connectivity index (χ4n) is 0.858. The lowest BCUT2D eigenvalue weighted by molar-refractivity contribution is -0.137. The van der Waals surface area contributed by atoms with Crippen LogP contribution in [-0.4, -0.2) is 13.7 Å². The molecule has 0 spiro atoms. The largest absolute Gasteiger partial charge is 0.772 e. The highest BCUT2D eigenvalue weighted by atomic mass is 32.2. The molecular weight excluding hydrogens is 219 g/mol. The Kier molecular flexibility index (Phi) is 3.22. The number of nitrogens with zero attached hydrogens (tertiary/aromatic N) is 1. The lowest BCUT2D eigenvalue weighted by Crippen LogP contribution is -2.06. The maximum Gasteiger partial charge on any atom is 0.417 e. The zero-order chi connectivity index (χ0) is 10.8. The van der Waals surface area contributed by atoms with Crippen molar-refractivity contribution >= 4 is 11.1 Å². The highest BCUT2D eigenvalue weighted by Gasteiger charge is 2.30. The molecular formula is C7H5F3NO2S-. The third kappa shape index (κ3) is 3.08. The van der Waals surface area contributed by atoms with Crippen LogP contribution in [0.4, 0.5) is 13.2 Å². The van der Waals surface area contributed by atoms with Crippen LogP contribution in [-0.2, 0) is 23.0 Å². The molecule has 0 saturated carbocycles. The molecule has 0 aromatic carbocycles. The Hall–Kier alpha value is -0.950. The average molecular weight is 224 g/mol. The van der Waals surface area contributed by atoms with E-state index in [4.69, 9.17) is 0 Å². The van der Waals surface area contributed by atoms with Crippen LogP contribution in [0.15, 0.2) is 18.5 Å². The second-order valence-corrected chi connectivity index (χ2v) is 3.42. The number of aromatic nitrogens is 1. The molecule has 3 nitrogen and oxygen atoms in total. The number of hydrogen-bond donors (Lipinski definition) is 0. The Morgan fingerprint density at radius 3 is 2.57 bits per heavy atom. The molecule has 14 heavy (non-hydrogen) atoms. The molecule has 1 atom stereocenters. The van der Waals surface area contributed by atoms with Gasteiger partial charge in [0, 0.05) is 18.1 Å². The van der Waals surface area contributed by atoms with Crippen LogP contribution in [0.2, 0.25) is 0 Å². The molecule has 0 amide bonds. The Morgan fingerprint density at radius 1 is 1.43 bits per heavy atom. The van der Waals surface area contributed by atoms with E-state index in [2.05, 4.69) is 4.98 Å². The third-order valence-corrected chi connectivity index (χ3v) is 1.98. The number of alkyl halides is 3. The Morgan fingerprint density at radius 2 is 2.07 bits per heavy atom. The Bertz CT molecular complexity index is 353. The summed E-state index contributed by atoms with van der Waals surface area (Å²) in [5.74, 6) is -0.461. The maximum absolute atomic E-state index is 12.1. The highest BCUT2D eigenvalue weighted by Crippen LogP contribution is 2.28. The molecule has 1 unspecified atom stereocenters. The van der Waals surface area contributed by atoms with Gasteiger partial charge in [0.2, 0.25) is 0 Å². The monoisotopic (exact) mass is 224 g/mol. The van der Waals surface area contributed by atoms with E-state index in [-0.39, 0.29) is 5.56 Å². The molecule has 0 saturated heterocycles. The fraction of sp³-hybridized carbons (Fsp3) is 0.286. The molecule has 0 aliphatic carbocycles. The van der Waals surface area contributed by atoms with Crippen molar-refractivity contribution in [1.29, 1.82) is 0 Å². The second-order valence-electron chi connectivity index (χ2n) is 2.53. The summed E-state index contributed by atoms with van der Waals surface area (Å²) in [6.07, 6.45) is -2.75. The molecule has 0 radical (unpaired) electrons. The molecule has 1 rings (SSSR count). The SMILES string of the molecule is O=S([O-])Cc1cncc(C(F)(F)F)c1. The van der Waals surface area contributed by atoms with E-state index in [9.17, 15) is 21.9 Å². The first-order chi connectivity index (χ1) is 6.39. The predicted molar refractivity (Wildman–Crippen MR) is 41.9 cm³/mol. The first-order valence-corrected chi connectivity index (χ1v) is 4.71. The van der Waals surface area contributed by atoms with E-state index >= 15 is 0 Å². The van der Waals surface area contributed by atoms with Crippen LogP contribution >= 0.6 is 0 Å². The van der Waals surface area contributed by atoms with Gasteiger partial charge >= 0.3 is 6.18 Å². The van der Waals surface area contributed by atoms with Crippen LogP contribution in [0.3, 0.4) is 0 Å². The summed E-state index contributed by atoms with van der Waals surface area (Å²) in [6, 6.07) is 0.767. The van der Waals surface area contributed by atoms with Crippen molar-refractivity contribution in [2.45, 2.75) is 11.9 Å². The first kappa shape index (κ1) is 11.1. The molecule has 0 bridgehead atoms. The van der Waals surface area contributed by atoms with Gasteiger partial charge in [0.15, 0.2) is 0 Å². The molecule has 78 valence electrons. The predicted octanol–water partition coefficient (Wildman–Crippen LogP) is 1.48. The molecule has 0 aliphatic rings. The smallest absolute Gasteiger partial charge is 0.417 e. The Labute approximate surface area is 80.3 Å². The van der Waals surface area contributed by atoms with Gasteiger partial charge in [-0.1, -0.05) is 11.1 Å². The lowest BCUT2D eigenvalue weighted by atomic mass is 10.2. The van der Waals surface area contributed by atoms with Crippen LogP contribution < -0.4 is 0 Å². The summed E-state index contributed by atoms with van der Waals surface area (Å²) in [5, 5.41) is 0. The second kappa shape index (κ2) is 4.05. The summed E-state index contributed by atoms with van der Waals surface area (Å²) in [5.41, 5.74) is -0.923. The number of halogens is 3. The molecule has 1 heterocycles. The van der Waals surface area contributed by atoms with Gasteiger partial charge in [-0.2, -0.15) is 13.2 Å². The van der Waals surface area contributed by atoms with Crippen molar-refractivity contribution in [2.24, 2.45) is 0 Å². The number of pyridine rings is 1. The van der Waals surface area contributed by atoms with E-state index < -0.39 is 28.6 Å². The summed E-state index contributed by atoms with van der Waals surface area (Å²) in [7, 11) is 0.